The van der Waals surface area contributed by atoms with Gasteiger partial charge in [0.25, 0.3) is 9.05 Å². The molecule has 1 rings (SSSR count). The normalized spacial score (nSPS) is 11.6. The average Bonchev–Trinajstić information content (AvgIpc) is 2.25. The molecule has 0 unspecified atom stereocenters. The first-order chi connectivity index (χ1) is 8.36. The lowest BCUT2D eigenvalue weighted by Gasteiger charge is -2.08. The summed E-state index contributed by atoms with van der Waals surface area (Å²) in [5.74, 6) is -1.95. The van der Waals surface area contributed by atoms with E-state index in [1.54, 1.807) is 11.8 Å². The van der Waals surface area contributed by atoms with Crippen LogP contribution >= 0.6 is 22.4 Å². The van der Waals surface area contributed by atoms with Crippen molar-refractivity contribution in [3.8, 4) is 5.75 Å². The van der Waals surface area contributed by atoms with Crippen LogP contribution < -0.4 is 4.74 Å². The highest BCUT2D eigenvalue weighted by Crippen LogP contribution is 2.27. The maximum absolute atomic E-state index is 13.5. The van der Waals surface area contributed by atoms with Gasteiger partial charge in [-0.05, 0) is 30.6 Å². The van der Waals surface area contributed by atoms with Gasteiger partial charge in [0, 0.05) is 10.7 Å². The van der Waals surface area contributed by atoms with E-state index in [1.807, 2.05) is 6.26 Å². The van der Waals surface area contributed by atoms with Crippen LogP contribution in [-0.4, -0.2) is 27.0 Å². The minimum atomic E-state index is -4.16. The van der Waals surface area contributed by atoms with Gasteiger partial charge in [0.1, 0.15) is 0 Å². The SMILES string of the molecule is CSCCCOc1c(F)cc(S(=O)(=O)Cl)cc1F. The molecule has 0 aromatic heterocycles. The molecule has 0 saturated heterocycles. The molecule has 1 aromatic carbocycles. The van der Waals surface area contributed by atoms with E-state index in [2.05, 4.69) is 0 Å². The third-order valence-corrected chi connectivity index (χ3v) is 4.02. The first-order valence-corrected chi connectivity index (χ1v) is 8.62. The smallest absolute Gasteiger partial charge is 0.261 e. The summed E-state index contributed by atoms with van der Waals surface area (Å²) in [4.78, 5) is -0.629. The molecule has 0 radical (unpaired) electrons. The van der Waals surface area contributed by atoms with Gasteiger partial charge in [-0.3, -0.25) is 0 Å². The van der Waals surface area contributed by atoms with Crippen LogP contribution in [0.2, 0.25) is 0 Å². The number of halogens is 3. The molecule has 102 valence electrons. The fourth-order valence-corrected chi connectivity index (χ4v) is 2.36. The summed E-state index contributed by atoms with van der Waals surface area (Å²) < 4.78 is 53.7. The molecule has 0 atom stereocenters. The van der Waals surface area contributed by atoms with Crippen molar-refractivity contribution in [1.82, 2.24) is 0 Å². The van der Waals surface area contributed by atoms with Gasteiger partial charge in [0.15, 0.2) is 17.4 Å². The molecule has 3 nitrogen and oxygen atoms in total. The van der Waals surface area contributed by atoms with Crippen molar-refractivity contribution in [3.63, 3.8) is 0 Å². The highest BCUT2D eigenvalue weighted by atomic mass is 35.7. The Balaban J connectivity index is 2.88. The Bertz CT molecular complexity index is 497. The molecule has 0 saturated carbocycles. The van der Waals surface area contributed by atoms with Crippen molar-refractivity contribution < 1.29 is 21.9 Å². The average molecular weight is 317 g/mol. The molecule has 0 aliphatic heterocycles. The Morgan fingerprint density at radius 1 is 1.33 bits per heavy atom. The number of benzene rings is 1. The zero-order valence-electron chi connectivity index (χ0n) is 9.45. The highest BCUT2D eigenvalue weighted by molar-refractivity contribution is 8.13. The molecule has 0 aliphatic carbocycles. The maximum Gasteiger partial charge on any atom is 0.261 e. The Morgan fingerprint density at radius 3 is 2.33 bits per heavy atom. The molecule has 8 heteroatoms. The largest absolute Gasteiger partial charge is 0.488 e. The highest BCUT2D eigenvalue weighted by Gasteiger charge is 2.18. The van der Waals surface area contributed by atoms with Crippen LogP contribution in [0.1, 0.15) is 6.42 Å². The summed E-state index contributed by atoms with van der Waals surface area (Å²) in [6.45, 7) is 0.154. The summed E-state index contributed by atoms with van der Waals surface area (Å²) in [5, 5.41) is 0. The lowest BCUT2D eigenvalue weighted by atomic mass is 10.3. The molecule has 0 spiro atoms. The Hall–Kier alpha value is -0.530. The molecular formula is C10H11ClF2O3S2. The van der Waals surface area contributed by atoms with E-state index in [0.717, 1.165) is 5.75 Å². The minimum Gasteiger partial charge on any atom is -0.488 e. The molecular weight excluding hydrogens is 306 g/mol. The van der Waals surface area contributed by atoms with E-state index in [9.17, 15) is 17.2 Å². The maximum atomic E-state index is 13.5. The standard InChI is InChI=1S/C10H11ClF2O3S2/c1-17-4-2-3-16-10-8(12)5-7(6-9(10)13)18(11,14)15/h5-6H,2-4H2,1H3. The second-order valence-electron chi connectivity index (χ2n) is 3.35. The Kier molecular flexibility index (Phi) is 5.68. The first kappa shape index (κ1) is 15.5. The number of thioether (sulfide) groups is 1. The topological polar surface area (TPSA) is 43.4 Å². The summed E-state index contributed by atoms with van der Waals surface area (Å²) in [5.41, 5.74) is 0. The van der Waals surface area contributed by atoms with Crippen LogP contribution in [0.15, 0.2) is 17.0 Å². The molecule has 1 aromatic rings. The van der Waals surface area contributed by atoms with E-state index in [4.69, 9.17) is 15.4 Å². The van der Waals surface area contributed by atoms with Gasteiger partial charge >= 0.3 is 0 Å². The molecule has 18 heavy (non-hydrogen) atoms. The predicted molar refractivity (Wildman–Crippen MR) is 67.9 cm³/mol. The molecule has 0 bridgehead atoms. The second-order valence-corrected chi connectivity index (χ2v) is 6.90. The van der Waals surface area contributed by atoms with Gasteiger partial charge in [0.2, 0.25) is 0 Å². The molecule has 0 amide bonds. The van der Waals surface area contributed by atoms with Crippen molar-refractivity contribution in [3.05, 3.63) is 23.8 Å². The molecule has 0 heterocycles. The van der Waals surface area contributed by atoms with E-state index in [-0.39, 0.29) is 6.61 Å². The summed E-state index contributed by atoms with van der Waals surface area (Å²) in [7, 11) is 0.835. The Labute approximate surface area is 113 Å². The number of hydrogen-bond donors (Lipinski definition) is 0. The van der Waals surface area contributed by atoms with Crippen LogP contribution in [0.3, 0.4) is 0 Å². The predicted octanol–water partition coefficient (Wildman–Crippen LogP) is 3.02. The lowest BCUT2D eigenvalue weighted by Crippen LogP contribution is -2.04. The fraction of sp³-hybridized carbons (Fsp3) is 0.400. The summed E-state index contributed by atoms with van der Waals surface area (Å²) in [6, 6.07) is 1.27. The lowest BCUT2D eigenvalue weighted by molar-refractivity contribution is 0.285. The monoisotopic (exact) mass is 316 g/mol. The van der Waals surface area contributed by atoms with Crippen LogP contribution in [0, 0.1) is 11.6 Å². The quantitative estimate of drug-likeness (QED) is 0.597. The van der Waals surface area contributed by atoms with Gasteiger partial charge in [-0.2, -0.15) is 11.8 Å². The zero-order chi connectivity index (χ0) is 13.8. The summed E-state index contributed by atoms with van der Waals surface area (Å²) >= 11 is 1.59. The first-order valence-electron chi connectivity index (χ1n) is 4.91. The van der Waals surface area contributed by atoms with Gasteiger partial charge in [-0.1, -0.05) is 0 Å². The Morgan fingerprint density at radius 2 is 1.89 bits per heavy atom. The van der Waals surface area contributed by atoms with Crippen LogP contribution in [0.5, 0.6) is 5.75 Å². The van der Waals surface area contributed by atoms with Crippen LogP contribution in [0.25, 0.3) is 0 Å². The zero-order valence-corrected chi connectivity index (χ0v) is 11.8. The van der Waals surface area contributed by atoms with Crippen molar-refractivity contribution >= 4 is 31.5 Å². The number of rotatable bonds is 6. The fourth-order valence-electron chi connectivity index (χ4n) is 1.19. The molecule has 0 aliphatic rings. The third-order valence-electron chi connectivity index (χ3n) is 1.99. The van der Waals surface area contributed by atoms with E-state index in [1.165, 1.54) is 0 Å². The van der Waals surface area contributed by atoms with Gasteiger partial charge < -0.3 is 4.74 Å². The summed E-state index contributed by atoms with van der Waals surface area (Å²) in [6.07, 6.45) is 2.54. The second kappa shape index (κ2) is 6.58. The van der Waals surface area contributed by atoms with Crippen LogP contribution in [0.4, 0.5) is 8.78 Å². The van der Waals surface area contributed by atoms with E-state index < -0.39 is 31.3 Å². The van der Waals surface area contributed by atoms with Crippen molar-refractivity contribution in [1.29, 1.82) is 0 Å². The third kappa shape index (κ3) is 4.29. The van der Waals surface area contributed by atoms with Gasteiger partial charge in [-0.15, -0.1) is 0 Å². The number of hydrogen-bond acceptors (Lipinski definition) is 4. The molecule has 0 fully saturated rings. The minimum absolute atomic E-state index is 0.154. The van der Waals surface area contributed by atoms with E-state index >= 15 is 0 Å². The van der Waals surface area contributed by atoms with Gasteiger partial charge in [0.05, 0.1) is 11.5 Å². The van der Waals surface area contributed by atoms with Crippen molar-refractivity contribution in [2.45, 2.75) is 11.3 Å². The van der Waals surface area contributed by atoms with Crippen molar-refractivity contribution in [2.75, 3.05) is 18.6 Å². The van der Waals surface area contributed by atoms with Crippen LogP contribution in [-0.2, 0) is 9.05 Å². The molecule has 0 N–H and O–H groups in total. The van der Waals surface area contributed by atoms with Crippen molar-refractivity contribution in [2.24, 2.45) is 0 Å². The van der Waals surface area contributed by atoms with Gasteiger partial charge in [-0.25, -0.2) is 17.2 Å². The number of ether oxygens (including phenoxy) is 1. The van der Waals surface area contributed by atoms with E-state index in [0.29, 0.717) is 18.6 Å².